The molecule has 0 saturated heterocycles. The lowest BCUT2D eigenvalue weighted by Gasteiger charge is -2.15. The second-order valence-electron chi connectivity index (χ2n) is 5.76. The molecule has 0 aliphatic rings. The Labute approximate surface area is 150 Å². The molecule has 0 spiro atoms. The van der Waals surface area contributed by atoms with Gasteiger partial charge in [0.2, 0.25) is 0 Å². The molecule has 1 N–H and O–H groups in total. The minimum absolute atomic E-state index is 0.154. The summed E-state index contributed by atoms with van der Waals surface area (Å²) in [7, 11) is -3.22. The van der Waals surface area contributed by atoms with Gasteiger partial charge in [-0.3, -0.25) is 4.79 Å². The quantitative estimate of drug-likeness (QED) is 0.744. The van der Waals surface area contributed by atoms with Gasteiger partial charge < -0.3 is 9.88 Å². The van der Waals surface area contributed by atoms with E-state index in [1.54, 1.807) is 24.3 Å². The number of sulfone groups is 1. The van der Waals surface area contributed by atoms with Crippen LogP contribution in [0.25, 0.3) is 5.69 Å². The predicted octanol–water partition coefficient (Wildman–Crippen LogP) is 3.43. The number of rotatable bonds is 5. The summed E-state index contributed by atoms with van der Waals surface area (Å²) < 4.78 is 25.0. The number of benzene rings is 1. The summed E-state index contributed by atoms with van der Waals surface area (Å²) in [4.78, 5) is 13.5. The second-order valence-corrected chi connectivity index (χ2v) is 8.69. The zero-order chi connectivity index (χ0) is 18.0. The fourth-order valence-electron chi connectivity index (χ4n) is 2.52. The normalized spacial score (nSPS) is 12.7. The molecule has 1 aromatic carbocycles. The van der Waals surface area contributed by atoms with Crippen LogP contribution in [0.5, 0.6) is 0 Å². The lowest BCUT2D eigenvalue weighted by atomic mass is 10.1. The van der Waals surface area contributed by atoms with Gasteiger partial charge >= 0.3 is 0 Å². The van der Waals surface area contributed by atoms with E-state index in [1.807, 2.05) is 47.5 Å². The molecule has 1 atom stereocenters. The van der Waals surface area contributed by atoms with E-state index < -0.39 is 9.84 Å². The van der Waals surface area contributed by atoms with Crippen LogP contribution < -0.4 is 5.32 Å². The van der Waals surface area contributed by atoms with Crippen LogP contribution in [0.1, 0.15) is 28.2 Å². The largest absolute Gasteiger partial charge is 0.345 e. The molecule has 0 bridgehead atoms. The number of aromatic nitrogens is 1. The summed E-state index contributed by atoms with van der Waals surface area (Å²) in [6.45, 7) is 1.87. The average molecular weight is 374 g/mol. The van der Waals surface area contributed by atoms with Gasteiger partial charge in [0, 0.05) is 18.6 Å². The smallest absolute Gasteiger partial charge is 0.263 e. The lowest BCUT2D eigenvalue weighted by Crippen LogP contribution is -2.26. The van der Waals surface area contributed by atoms with Gasteiger partial charge in [-0.15, -0.1) is 11.3 Å². The number of hydrogen-bond donors (Lipinski definition) is 1. The van der Waals surface area contributed by atoms with Gasteiger partial charge in [0.1, 0.15) is 4.88 Å². The first-order valence-corrected chi connectivity index (χ1v) is 10.4. The molecule has 3 aromatic rings. The summed E-state index contributed by atoms with van der Waals surface area (Å²) in [6.07, 6.45) is 4.96. The van der Waals surface area contributed by atoms with Crippen molar-refractivity contribution in [3.63, 3.8) is 0 Å². The van der Waals surface area contributed by atoms with E-state index in [9.17, 15) is 13.2 Å². The highest BCUT2D eigenvalue weighted by atomic mass is 32.2. The van der Waals surface area contributed by atoms with E-state index in [4.69, 9.17) is 0 Å². The molecule has 1 unspecified atom stereocenters. The molecule has 0 aliphatic heterocycles. The van der Waals surface area contributed by atoms with E-state index in [-0.39, 0.29) is 16.8 Å². The van der Waals surface area contributed by atoms with E-state index in [0.29, 0.717) is 4.88 Å². The Morgan fingerprint density at radius 3 is 2.36 bits per heavy atom. The van der Waals surface area contributed by atoms with Gasteiger partial charge in [0.05, 0.1) is 16.6 Å². The highest BCUT2D eigenvalue weighted by Gasteiger charge is 2.17. The van der Waals surface area contributed by atoms with Crippen molar-refractivity contribution in [2.45, 2.75) is 17.9 Å². The standard InChI is InChI=1S/C18H18N2O3S2/c1-13(14-5-7-15(8-6-14)25(2,22)23)19-18(21)17-16(9-12-24-17)20-10-3-4-11-20/h3-13H,1-2H3,(H,19,21). The van der Waals surface area contributed by atoms with Crippen LogP contribution in [0.3, 0.4) is 0 Å². The molecule has 2 heterocycles. The Morgan fingerprint density at radius 1 is 1.12 bits per heavy atom. The molecule has 0 aliphatic carbocycles. The van der Waals surface area contributed by atoms with Gasteiger partial charge in [-0.1, -0.05) is 12.1 Å². The van der Waals surface area contributed by atoms with Crippen LogP contribution in [-0.4, -0.2) is 25.1 Å². The Morgan fingerprint density at radius 2 is 1.76 bits per heavy atom. The summed E-state index contributed by atoms with van der Waals surface area (Å²) >= 11 is 1.39. The van der Waals surface area contributed by atoms with Crippen molar-refractivity contribution >= 4 is 27.1 Å². The molecule has 1 amide bonds. The number of nitrogens with zero attached hydrogens (tertiary/aromatic N) is 1. The SMILES string of the molecule is CC(NC(=O)c1sccc1-n1cccc1)c1ccc(S(C)(=O)=O)cc1. The van der Waals surface area contributed by atoms with Gasteiger partial charge in [0.25, 0.3) is 5.91 Å². The first-order chi connectivity index (χ1) is 11.9. The minimum atomic E-state index is -3.22. The molecule has 7 heteroatoms. The maximum absolute atomic E-state index is 12.6. The zero-order valence-electron chi connectivity index (χ0n) is 13.8. The monoisotopic (exact) mass is 374 g/mol. The number of thiophene rings is 1. The van der Waals surface area contributed by atoms with Crippen LogP contribution in [0.2, 0.25) is 0 Å². The molecule has 5 nitrogen and oxygen atoms in total. The number of carbonyl (C=O) groups is 1. The molecule has 0 fully saturated rings. The number of amides is 1. The highest BCUT2D eigenvalue weighted by molar-refractivity contribution is 7.90. The van der Waals surface area contributed by atoms with E-state index in [1.165, 1.54) is 17.6 Å². The van der Waals surface area contributed by atoms with Crippen molar-refractivity contribution in [1.82, 2.24) is 9.88 Å². The maximum atomic E-state index is 12.6. The Balaban J connectivity index is 1.76. The first kappa shape index (κ1) is 17.4. The van der Waals surface area contributed by atoms with E-state index in [2.05, 4.69) is 5.32 Å². The predicted molar refractivity (Wildman–Crippen MR) is 99.1 cm³/mol. The Bertz CT molecular complexity index is 972. The van der Waals surface area contributed by atoms with Crippen molar-refractivity contribution in [1.29, 1.82) is 0 Å². The Hall–Kier alpha value is -2.38. The molecule has 3 rings (SSSR count). The van der Waals surface area contributed by atoms with E-state index >= 15 is 0 Å². The van der Waals surface area contributed by atoms with Gasteiger partial charge in [-0.05, 0) is 48.2 Å². The van der Waals surface area contributed by atoms with Crippen LogP contribution in [-0.2, 0) is 9.84 Å². The highest BCUT2D eigenvalue weighted by Crippen LogP contribution is 2.23. The summed E-state index contributed by atoms with van der Waals surface area (Å²) in [5, 5.41) is 4.85. The van der Waals surface area contributed by atoms with Gasteiger partial charge in [-0.25, -0.2) is 8.42 Å². The first-order valence-electron chi connectivity index (χ1n) is 7.68. The third-order valence-corrected chi connectivity index (χ3v) is 5.92. The third-order valence-electron chi connectivity index (χ3n) is 3.89. The second kappa shape index (κ2) is 6.85. The van der Waals surface area contributed by atoms with Crippen molar-refractivity contribution in [2.75, 3.05) is 6.26 Å². The van der Waals surface area contributed by atoms with Gasteiger partial charge in [0.15, 0.2) is 9.84 Å². The fourth-order valence-corrected chi connectivity index (χ4v) is 3.94. The van der Waals surface area contributed by atoms with E-state index in [0.717, 1.165) is 11.3 Å². The summed E-state index contributed by atoms with van der Waals surface area (Å²) in [5.74, 6) is -0.154. The fraction of sp³-hybridized carbons (Fsp3) is 0.167. The van der Waals surface area contributed by atoms with Crippen LogP contribution in [0.15, 0.2) is 65.1 Å². The molecule has 2 aromatic heterocycles. The number of hydrogen-bond acceptors (Lipinski definition) is 4. The summed E-state index contributed by atoms with van der Waals surface area (Å²) in [5.41, 5.74) is 1.69. The average Bonchev–Trinajstić information content (AvgIpc) is 3.25. The molecular formula is C18H18N2O3S2. The van der Waals surface area contributed by atoms with Crippen molar-refractivity contribution in [3.05, 3.63) is 70.7 Å². The maximum Gasteiger partial charge on any atom is 0.263 e. The van der Waals surface area contributed by atoms with Crippen LogP contribution in [0, 0.1) is 0 Å². The van der Waals surface area contributed by atoms with Crippen LogP contribution >= 0.6 is 11.3 Å². The molecule has 130 valence electrons. The lowest BCUT2D eigenvalue weighted by molar-refractivity contribution is 0.0944. The zero-order valence-corrected chi connectivity index (χ0v) is 15.5. The topological polar surface area (TPSA) is 68.2 Å². The number of nitrogens with one attached hydrogen (secondary N) is 1. The van der Waals surface area contributed by atoms with Crippen LogP contribution in [0.4, 0.5) is 0 Å². The minimum Gasteiger partial charge on any atom is -0.345 e. The molecule has 0 saturated carbocycles. The van der Waals surface area contributed by atoms with Crippen molar-refractivity contribution < 1.29 is 13.2 Å². The molecule has 25 heavy (non-hydrogen) atoms. The van der Waals surface area contributed by atoms with Crippen molar-refractivity contribution in [2.24, 2.45) is 0 Å². The third kappa shape index (κ3) is 3.83. The summed E-state index contributed by atoms with van der Waals surface area (Å²) in [6, 6.07) is 12.1. The Kier molecular flexibility index (Phi) is 4.78. The number of carbonyl (C=O) groups excluding carboxylic acids is 1. The molecular weight excluding hydrogens is 356 g/mol. The van der Waals surface area contributed by atoms with Crippen molar-refractivity contribution in [3.8, 4) is 5.69 Å². The molecule has 0 radical (unpaired) electrons. The van der Waals surface area contributed by atoms with Gasteiger partial charge in [-0.2, -0.15) is 0 Å².